The zero-order valence-electron chi connectivity index (χ0n) is 9.70. The number of halogens is 1. The van der Waals surface area contributed by atoms with Gasteiger partial charge in [-0.15, -0.1) is 0 Å². The lowest BCUT2D eigenvalue weighted by Crippen LogP contribution is -1.94. The standard InChI is InChI=1S/C13H13FN2O/c1-8-5-13(15)16-7-10(8)9-3-4-12(17-2)11(14)6-9/h3-7H,1-2H3,(H2,15,16). The Labute approximate surface area is 99.1 Å². The molecule has 1 heterocycles. The van der Waals surface area contributed by atoms with Gasteiger partial charge >= 0.3 is 0 Å². The number of nitrogen functional groups attached to an aromatic ring is 1. The fraction of sp³-hybridized carbons (Fsp3) is 0.154. The molecule has 2 N–H and O–H groups in total. The second-order valence-electron chi connectivity index (χ2n) is 3.77. The summed E-state index contributed by atoms with van der Waals surface area (Å²) in [5.74, 6) is 0.302. The molecular formula is C13H13FN2O. The molecule has 0 unspecified atom stereocenters. The first-order valence-electron chi connectivity index (χ1n) is 5.18. The topological polar surface area (TPSA) is 48.1 Å². The van der Waals surface area contributed by atoms with Crippen molar-refractivity contribution in [1.29, 1.82) is 0 Å². The lowest BCUT2D eigenvalue weighted by Gasteiger charge is -2.08. The van der Waals surface area contributed by atoms with Gasteiger partial charge in [0, 0.05) is 11.8 Å². The highest BCUT2D eigenvalue weighted by molar-refractivity contribution is 5.68. The molecule has 17 heavy (non-hydrogen) atoms. The van der Waals surface area contributed by atoms with Gasteiger partial charge in [-0.3, -0.25) is 0 Å². The second kappa shape index (κ2) is 4.41. The van der Waals surface area contributed by atoms with Crippen molar-refractivity contribution < 1.29 is 9.13 Å². The molecule has 0 bridgehead atoms. The molecule has 0 atom stereocenters. The number of pyridine rings is 1. The van der Waals surface area contributed by atoms with E-state index in [0.29, 0.717) is 5.82 Å². The minimum Gasteiger partial charge on any atom is -0.494 e. The van der Waals surface area contributed by atoms with E-state index in [4.69, 9.17) is 10.5 Å². The van der Waals surface area contributed by atoms with Gasteiger partial charge in [0.25, 0.3) is 0 Å². The Hall–Kier alpha value is -2.10. The van der Waals surface area contributed by atoms with E-state index in [9.17, 15) is 4.39 Å². The van der Waals surface area contributed by atoms with E-state index in [-0.39, 0.29) is 11.6 Å². The lowest BCUT2D eigenvalue weighted by molar-refractivity contribution is 0.386. The second-order valence-corrected chi connectivity index (χ2v) is 3.77. The van der Waals surface area contributed by atoms with Crippen LogP contribution >= 0.6 is 0 Å². The van der Waals surface area contributed by atoms with Gasteiger partial charge in [0.15, 0.2) is 11.6 Å². The molecule has 0 aliphatic heterocycles. The van der Waals surface area contributed by atoms with Gasteiger partial charge in [-0.25, -0.2) is 9.37 Å². The normalized spacial score (nSPS) is 10.3. The number of hydrogen-bond donors (Lipinski definition) is 1. The van der Waals surface area contributed by atoms with Crippen LogP contribution in [0.3, 0.4) is 0 Å². The van der Waals surface area contributed by atoms with Crippen molar-refractivity contribution >= 4 is 5.82 Å². The number of nitrogens with zero attached hydrogens (tertiary/aromatic N) is 1. The molecule has 0 aliphatic carbocycles. The molecule has 1 aromatic carbocycles. The van der Waals surface area contributed by atoms with Gasteiger partial charge < -0.3 is 10.5 Å². The molecule has 0 fully saturated rings. The van der Waals surface area contributed by atoms with Crippen LogP contribution in [-0.2, 0) is 0 Å². The highest BCUT2D eigenvalue weighted by Gasteiger charge is 2.07. The third-order valence-corrected chi connectivity index (χ3v) is 2.59. The van der Waals surface area contributed by atoms with E-state index in [1.165, 1.54) is 13.2 Å². The maximum absolute atomic E-state index is 13.6. The summed E-state index contributed by atoms with van der Waals surface area (Å²) in [7, 11) is 1.44. The Morgan fingerprint density at radius 2 is 2.06 bits per heavy atom. The number of anilines is 1. The minimum absolute atomic E-state index is 0.231. The van der Waals surface area contributed by atoms with Crippen LogP contribution in [0.4, 0.5) is 10.2 Å². The van der Waals surface area contributed by atoms with Crippen LogP contribution in [0.15, 0.2) is 30.5 Å². The maximum atomic E-state index is 13.6. The van der Waals surface area contributed by atoms with Crippen LogP contribution in [0.1, 0.15) is 5.56 Å². The Balaban J connectivity index is 2.50. The molecule has 88 valence electrons. The summed E-state index contributed by atoms with van der Waals surface area (Å²) < 4.78 is 18.5. The predicted molar refractivity (Wildman–Crippen MR) is 65.3 cm³/mol. The molecule has 2 rings (SSSR count). The van der Waals surface area contributed by atoms with Crippen LogP contribution in [0, 0.1) is 12.7 Å². The monoisotopic (exact) mass is 232 g/mol. The van der Waals surface area contributed by atoms with E-state index in [0.717, 1.165) is 16.7 Å². The zero-order chi connectivity index (χ0) is 12.4. The van der Waals surface area contributed by atoms with Crippen LogP contribution in [-0.4, -0.2) is 12.1 Å². The molecule has 0 aliphatic rings. The molecule has 0 saturated carbocycles. The van der Waals surface area contributed by atoms with E-state index < -0.39 is 0 Å². The molecule has 0 amide bonds. The summed E-state index contributed by atoms with van der Waals surface area (Å²) in [4.78, 5) is 4.01. The Kier molecular flexibility index (Phi) is 2.95. The third-order valence-electron chi connectivity index (χ3n) is 2.59. The summed E-state index contributed by atoms with van der Waals surface area (Å²) in [6, 6.07) is 6.58. The summed E-state index contributed by atoms with van der Waals surface area (Å²) in [5.41, 5.74) is 8.16. The Morgan fingerprint density at radius 1 is 1.29 bits per heavy atom. The first-order valence-corrected chi connectivity index (χ1v) is 5.18. The fourth-order valence-corrected chi connectivity index (χ4v) is 1.71. The van der Waals surface area contributed by atoms with E-state index in [1.54, 1.807) is 24.4 Å². The molecule has 4 heteroatoms. The van der Waals surface area contributed by atoms with Gasteiger partial charge in [-0.1, -0.05) is 6.07 Å². The molecular weight excluding hydrogens is 219 g/mol. The number of aromatic nitrogens is 1. The maximum Gasteiger partial charge on any atom is 0.165 e. The van der Waals surface area contributed by atoms with Gasteiger partial charge in [-0.05, 0) is 36.2 Å². The first-order chi connectivity index (χ1) is 8.11. The van der Waals surface area contributed by atoms with Crippen LogP contribution < -0.4 is 10.5 Å². The number of hydrogen-bond acceptors (Lipinski definition) is 3. The number of nitrogens with two attached hydrogens (primary N) is 1. The van der Waals surface area contributed by atoms with E-state index in [1.807, 2.05) is 6.92 Å². The molecule has 0 spiro atoms. The molecule has 2 aromatic rings. The van der Waals surface area contributed by atoms with Crippen LogP contribution in [0.5, 0.6) is 5.75 Å². The number of ether oxygens (including phenoxy) is 1. The first kappa shape index (κ1) is 11.4. The van der Waals surface area contributed by atoms with Gasteiger partial charge in [0.05, 0.1) is 7.11 Å². The van der Waals surface area contributed by atoms with Crippen LogP contribution in [0.25, 0.3) is 11.1 Å². The Bertz CT molecular complexity index is 555. The number of benzene rings is 1. The Morgan fingerprint density at radius 3 is 2.65 bits per heavy atom. The van der Waals surface area contributed by atoms with Crippen molar-refractivity contribution in [2.45, 2.75) is 6.92 Å². The third kappa shape index (κ3) is 2.20. The van der Waals surface area contributed by atoms with Crippen molar-refractivity contribution in [3.8, 4) is 16.9 Å². The van der Waals surface area contributed by atoms with E-state index in [2.05, 4.69) is 4.98 Å². The highest BCUT2D eigenvalue weighted by atomic mass is 19.1. The molecule has 0 radical (unpaired) electrons. The summed E-state index contributed by atoms with van der Waals surface area (Å²) >= 11 is 0. The largest absolute Gasteiger partial charge is 0.494 e. The average molecular weight is 232 g/mol. The van der Waals surface area contributed by atoms with Crippen molar-refractivity contribution in [1.82, 2.24) is 4.98 Å². The van der Waals surface area contributed by atoms with Crippen molar-refractivity contribution in [3.63, 3.8) is 0 Å². The lowest BCUT2D eigenvalue weighted by atomic mass is 10.0. The van der Waals surface area contributed by atoms with Gasteiger partial charge in [-0.2, -0.15) is 0 Å². The number of rotatable bonds is 2. The smallest absolute Gasteiger partial charge is 0.165 e. The highest BCUT2D eigenvalue weighted by Crippen LogP contribution is 2.27. The van der Waals surface area contributed by atoms with Crippen molar-refractivity contribution in [3.05, 3.63) is 41.8 Å². The SMILES string of the molecule is COc1ccc(-c2cnc(N)cc2C)cc1F. The zero-order valence-corrected chi connectivity index (χ0v) is 9.70. The predicted octanol–water partition coefficient (Wildman–Crippen LogP) is 2.79. The number of aryl methyl sites for hydroxylation is 1. The summed E-state index contributed by atoms with van der Waals surface area (Å²) in [6.45, 7) is 1.91. The number of methoxy groups -OCH3 is 1. The summed E-state index contributed by atoms with van der Waals surface area (Å²) in [5, 5.41) is 0. The minimum atomic E-state index is -0.388. The van der Waals surface area contributed by atoms with E-state index >= 15 is 0 Å². The molecule has 1 aromatic heterocycles. The van der Waals surface area contributed by atoms with Gasteiger partial charge in [0.2, 0.25) is 0 Å². The fourth-order valence-electron chi connectivity index (χ4n) is 1.71. The van der Waals surface area contributed by atoms with Gasteiger partial charge in [0.1, 0.15) is 5.82 Å². The van der Waals surface area contributed by atoms with Crippen molar-refractivity contribution in [2.75, 3.05) is 12.8 Å². The van der Waals surface area contributed by atoms with Crippen molar-refractivity contribution in [2.24, 2.45) is 0 Å². The molecule has 3 nitrogen and oxygen atoms in total. The quantitative estimate of drug-likeness (QED) is 0.866. The molecule has 0 saturated heterocycles. The summed E-state index contributed by atoms with van der Waals surface area (Å²) in [6.07, 6.45) is 1.64. The average Bonchev–Trinajstić information content (AvgIpc) is 2.29. The van der Waals surface area contributed by atoms with Crippen LogP contribution in [0.2, 0.25) is 0 Å².